The molecule has 34 heavy (non-hydrogen) atoms. The SMILES string of the molecule is O=C(NCCCN1CCOCC1)[C@@H]1C[C@]23CCN(CC4CC4)[C@H](Cc4ccc(O)cc42)[C@]3(O)C1. The molecule has 3 N–H and O–H groups in total. The Labute approximate surface area is 202 Å². The van der Waals surface area contributed by atoms with Gasteiger partial charge in [0.2, 0.25) is 5.91 Å². The molecule has 0 aromatic heterocycles. The van der Waals surface area contributed by atoms with Crippen LogP contribution in [0.1, 0.15) is 49.7 Å². The van der Waals surface area contributed by atoms with Crippen molar-refractivity contribution in [2.75, 3.05) is 52.5 Å². The number of aromatic hydroxyl groups is 1. The van der Waals surface area contributed by atoms with E-state index in [0.717, 1.165) is 76.7 Å². The first kappa shape index (κ1) is 22.8. The number of nitrogens with one attached hydrogen (secondary N) is 1. The van der Waals surface area contributed by atoms with Crippen molar-refractivity contribution in [3.05, 3.63) is 29.3 Å². The van der Waals surface area contributed by atoms with Crippen molar-refractivity contribution < 1.29 is 19.7 Å². The number of benzene rings is 1. The van der Waals surface area contributed by atoms with Gasteiger partial charge < -0.3 is 20.3 Å². The normalized spacial score (nSPS) is 35.6. The zero-order chi connectivity index (χ0) is 23.3. The molecule has 5 aliphatic rings. The van der Waals surface area contributed by atoms with Gasteiger partial charge in [-0.15, -0.1) is 0 Å². The molecule has 2 heterocycles. The van der Waals surface area contributed by atoms with Gasteiger partial charge in [0.1, 0.15) is 5.75 Å². The summed E-state index contributed by atoms with van der Waals surface area (Å²) in [4.78, 5) is 18.2. The lowest BCUT2D eigenvalue weighted by atomic mass is 9.56. The van der Waals surface area contributed by atoms with Gasteiger partial charge in [-0.1, -0.05) is 6.07 Å². The van der Waals surface area contributed by atoms with E-state index in [2.05, 4.69) is 15.1 Å². The summed E-state index contributed by atoms with van der Waals surface area (Å²) in [5.74, 6) is 0.917. The number of hydrogen-bond acceptors (Lipinski definition) is 6. The molecule has 0 unspecified atom stereocenters. The van der Waals surface area contributed by atoms with Crippen LogP contribution in [0.2, 0.25) is 0 Å². The van der Waals surface area contributed by atoms with E-state index in [9.17, 15) is 15.0 Å². The minimum atomic E-state index is -0.920. The van der Waals surface area contributed by atoms with Crippen LogP contribution in [0, 0.1) is 11.8 Å². The van der Waals surface area contributed by atoms with Crippen molar-refractivity contribution in [1.29, 1.82) is 0 Å². The molecule has 2 bridgehead atoms. The molecule has 1 aromatic rings. The number of carbonyl (C=O) groups excluding carboxylic acids is 1. The maximum atomic E-state index is 13.3. The Balaban J connectivity index is 1.18. The van der Waals surface area contributed by atoms with Gasteiger partial charge in [0.25, 0.3) is 0 Å². The Morgan fingerprint density at radius 3 is 2.79 bits per heavy atom. The van der Waals surface area contributed by atoms with Crippen LogP contribution in [0.15, 0.2) is 18.2 Å². The number of amides is 1. The highest BCUT2D eigenvalue weighted by Crippen LogP contribution is 2.62. The fourth-order valence-electron chi connectivity index (χ4n) is 7.50. The Bertz CT molecular complexity index is 930. The number of phenolic OH excluding ortho intramolecular Hbond substituents is 1. The number of piperidine rings is 1. The van der Waals surface area contributed by atoms with Crippen LogP contribution in [0.5, 0.6) is 5.75 Å². The first-order valence-electron chi connectivity index (χ1n) is 13.4. The van der Waals surface area contributed by atoms with E-state index < -0.39 is 11.0 Å². The zero-order valence-electron chi connectivity index (χ0n) is 20.2. The van der Waals surface area contributed by atoms with Crippen LogP contribution < -0.4 is 5.32 Å². The second kappa shape index (κ2) is 8.77. The molecule has 0 radical (unpaired) electrons. The van der Waals surface area contributed by atoms with Crippen LogP contribution in [-0.4, -0.2) is 90.0 Å². The quantitative estimate of drug-likeness (QED) is 0.527. The molecule has 7 heteroatoms. The van der Waals surface area contributed by atoms with Crippen molar-refractivity contribution in [1.82, 2.24) is 15.1 Å². The number of carbonyl (C=O) groups is 1. The van der Waals surface area contributed by atoms with Gasteiger partial charge in [-0.2, -0.15) is 0 Å². The average molecular weight is 470 g/mol. The van der Waals surface area contributed by atoms with Gasteiger partial charge in [-0.05, 0) is 87.2 Å². The second-order valence-corrected chi connectivity index (χ2v) is 11.5. The summed E-state index contributed by atoms with van der Waals surface area (Å²) < 4.78 is 5.41. The second-order valence-electron chi connectivity index (χ2n) is 11.5. The molecule has 4 atom stereocenters. The van der Waals surface area contributed by atoms with E-state index in [1.54, 1.807) is 6.07 Å². The van der Waals surface area contributed by atoms with E-state index in [0.29, 0.717) is 19.4 Å². The van der Waals surface area contributed by atoms with Crippen molar-refractivity contribution in [3.8, 4) is 5.75 Å². The standard InChI is InChI=1S/C27H39N3O4/c31-22-5-4-20-14-24-27(33)17-21(25(32)28-7-1-8-29-10-12-34-13-11-29)16-26(27,23(20)15-22)6-9-30(24)18-19-2-3-19/h4-5,15,19,21,24,31,33H,1-3,6-14,16-18H2,(H,28,32)/t21-,24-,26-,27-/m1/s1. The predicted octanol–water partition coefficient (Wildman–Crippen LogP) is 1.65. The third-order valence-corrected chi connectivity index (χ3v) is 9.44. The maximum Gasteiger partial charge on any atom is 0.223 e. The van der Waals surface area contributed by atoms with Crippen molar-refractivity contribution in [3.63, 3.8) is 0 Å². The van der Waals surface area contributed by atoms with E-state index in [1.807, 2.05) is 12.1 Å². The molecular formula is C27H39N3O4. The highest BCUT2D eigenvalue weighted by molar-refractivity contribution is 5.80. The van der Waals surface area contributed by atoms with Crippen LogP contribution >= 0.6 is 0 Å². The summed E-state index contributed by atoms with van der Waals surface area (Å²) in [6, 6.07) is 5.74. The first-order chi connectivity index (χ1) is 16.5. The molecule has 1 amide bonds. The van der Waals surface area contributed by atoms with Crippen LogP contribution in [0.25, 0.3) is 0 Å². The monoisotopic (exact) mass is 469 g/mol. The van der Waals surface area contributed by atoms with Gasteiger partial charge >= 0.3 is 0 Å². The highest BCUT2D eigenvalue weighted by Gasteiger charge is 2.68. The van der Waals surface area contributed by atoms with Crippen LogP contribution in [0.3, 0.4) is 0 Å². The number of hydrogen-bond donors (Lipinski definition) is 3. The van der Waals surface area contributed by atoms with Gasteiger partial charge in [0.05, 0.1) is 18.8 Å². The van der Waals surface area contributed by atoms with Gasteiger partial charge in [-0.3, -0.25) is 14.6 Å². The molecule has 186 valence electrons. The number of likely N-dealkylation sites (tertiary alicyclic amines) is 1. The molecular weight excluding hydrogens is 430 g/mol. The van der Waals surface area contributed by atoms with Crippen LogP contribution in [-0.2, 0) is 21.4 Å². The van der Waals surface area contributed by atoms with Crippen molar-refractivity contribution in [2.24, 2.45) is 11.8 Å². The van der Waals surface area contributed by atoms with Gasteiger partial charge in [0.15, 0.2) is 0 Å². The van der Waals surface area contributed by atoms with E-state index in [4.69, 9.17) is 4.74 Å². The lowest BCUT2D eigenvalue weighted by molar-refractivity contribution is -0.134. The van der Waals surface area contributed by atoms with Crippen molar-refractivity contribution >= 4 is 5.91 Å². The van der Waals surface area contributed by atoms with Crippen LogP contribution in [0.4, 0.5) is 0 Å². The lowest BCUT2D eigenvalue weighted by Crippen LogP contribution is -2.69. The summed E-state index contributed by atoms with van der Waals surface area (Å²) >= 11 is 0. The molecule has 7 nitrogen and oxygen atoms in total. The summed E-state index contributed by atoms with van der Waals surface area (Å²) in [5, 5.41) is 25.9. The minimum absolute atomic E-state index is 0.0537. The smallest absolute Gasteiger partial charge is 0.223 e. The average Bonchev–Trinajstić information content (AvgIpc) is 3.58. The molecule has 2 saturated heterocycles. The number of nitrogens with zero attached hydrogens (tertiary/aromatic N) is 2. The van der Waals surface area contributed by atoms with E-state index in [-0.39, 0.29) is 23.6 Å². The predicted molar refractivity (Wildman–Crippen MR) is 129 cm³/mol. The number of rotatable bonds is 7. The number of ether oxygens (including phenoxy) is 1. The largest absolute Gasteiger partial charge is 0.508 e. The van der Waals surface area contributed by atoms with Gasteiger partial charge in [-0.25, -0.2) is 0 Å². The summed E-state index contributed by atoms with van der Waals surface area (Å²) in [7, 11) is 0. The van der Waals surface area contributed by atoms with E-state index in [1.165, 1.54) is 18.4 Å². The van der Waals surface area contributed by atoms with Crippen molar-refractivity contribution in [2.45, 2.75) is 62.0 Å². The summed E-state index contributed by atoms with van der Waals surface area (Å²) in [5.41, 5.74) is 0.954. The lowest BCUT2D eigenvalue weighted by Gasteiger charge is -2.59. The third kappa shape index (κ3) is 3.85. The fraction of sp³-hybridized carbons (Fsp3) is 0.741. The molecule has 2 aliphatic heterocycles. The summed E-state index contributed by atoms with van der Waals surface area (Å²) in [6.07, 6.45) is 6.37. The Morgan fingerprint density at radius 2 is 2.00 bits per heavy atom. The number of morpholine rings is 1. The number of aliphatic hydroxyl groups is 1. The maximum absolute atomic E-state index is 13.3. The number of fused-ring (bicyclic) bond motifs is 1. The third-order valence-electron chi connectivity index (χ3n) is 9.44. The van der Waals surface area contributed by atoms with E-state index >= 15 is 0 Å². The molecule has 6 rings (SSSR count). The highest BCUT2D eigenvalue weighted by atomic mass is 16.5. The Morgan fingerprint density at radius 1 is 1.18 bits per heavy atom. The Kier molecular flexibility index (Phi) is 5.87. The molecule has 2 saturated carbocycles. The first-order valence-corrected chi connectivity index (χ1v) is 13.4. The molecule has 1 aromatic carbocycles. The fourth-order valence-corrected chi connectivity index (χ4v) is 7.50. The molecule has 4 fully saturated rings. The number of phenols is 1. The minimum Gasteiger partial charge on any atom is -0.508 e. The molecule has 0 spiro atoms. The molecule has 3 aliphatic carbocycles. The zero-order valence-corrected chi connectivity index (χ0v) is 20.2. The Hall–Kier alpha value is -1.67. The topological polar surface area (TPSA) is 85.3 Å². The summed E-state index contributed by atoms with van der Waals surface area (Å²) in [6.45, 7) is 7.21. The van der Waals surface area contributed by atoms with Gasteiger partial charge in [0, 0.05) is 43.6 Å².